The zero-order valence-electron chi connectivity index (χ0n) is 10.7. The minimum absolute atomic E-state index is 0.290. The molecular formula is C14H14BrFN2O. The molecule has 0 spiro atoms. The fourth-order valence-corrected chi connectivity index (χ4v) is 2.30. The molecule has 0 radical (unpaired) electrons. The van der Waals surface area contributed by atoms with E-state index in [0.717, 1.165) is 0 Å². The van der Waals surface area contributed by atoms with Gasteiger partial charge in [-0.15, -0.1) is 0 Å². The van der Waals surface area contributed by atoms with Gasteiger partial charge < -0.3 is 10.1 Å². The van der Waals surface area contributed by atoms with Crippen LogP contribution in [0.2, 0.25) is 0 Å². The summed E-state index contributed by atoms with van der Waals surface area (Å²) in [5.41, 5.74) is 1.19. The van der Waals surface area contributed by atoms with Crippen molar-refractivity contribution in [2.45, 2.75) is 6.04 Å². The lowest BCUT2D eigenvalue weighted by Gasteiger charge is -2.19. The SMILES string of the molecule is CNC(c1ccc(Br)cc1F)c1ncccc1OC. The van der Waals surface area contributed by atoms with Crippen molar-refractivity contribution in [2.24, 2.45) is 0 Å². The molecule has 0 saturated carbocycles. The van der Waals surface area contributed by atoms with Gasteiger partial charge in [0.1, 0.15) is 17.3 Å². The Morgan fingerprint density at radius 3 is 2.79 bits per heavy atom. The first-order valence-corrected chi connectivity index (χ1v) is 6.57. The highest BCUT2D eigenvalue weighted by Crippen LogP contribution is 2.30. The number of nitrogens with zero attached hydrogens (tertiary/aromatic N) is 1. The monoisotopic (exact) mass is 324 g/mol. The third kappa shape index (κ3) is 2.93. The first-order valence-electron chi connectivity index (χ1n) is 5.78. The van der Waals surface area contributed by atoms with Crippen molar-refractivity contribution in [2.75, 3.05) is 14.2 Å². The third-order valence-corrected chi connectivity index (χ3v) is 3.35. The number of ether oxygens (including phenoxy) is 1. The summed E-state index contributed by atoms with van der Waals surface area (Å²) in [6.07, 6.45) is 1.67. The average Bonchev–Trinajstić information content (AvgIpc) is 2.42. The van der Waals surface area contributed by atoms with E-state index in [0.29, 0.717) is 21.5 Å². The molecule has 1 unspecified atom stereocenters. The highest BCUT2D eigenvalue weighted by atomic mass is 79.9. The number of nitrogens with one attached hydrogen (secondary N) is 1. The number of pyridine rings is 1. The fourth-order valence-electron chi connectivity index (χ4n) is 1.97. The molecule has 19 heavy (non-hydrogen) atoms. The van der Waals surface area contributed by atoms with E-state index in [1.54, 1.807) is 38.6 Å². The molecule has 5 heteroatoms. The Labute approximate surface area is 119 Å². The van der Waals surface area contributed by atoms with Gasteiger partial charge in [0.2, 0.25) is 0 Å². The summed E-state index contributed by atoms with van der Waals surface area (Å²) in [5, 5.41) is 3.07. The van der Waals surface area contributed by atoms with E-state index in [2.05, 4.69) is 26.2 Å². The van der Waals surface area contributed by atoms with Gasteiger partial charge in [-0.3, -0.25) is 4.98 Å². The van der Waals surface area contributed by atoms with Crippen LogP contribution < -0.4 is 10.1 Å². The van der Waals surface area contributed by atoms with Crippen LogP contribution in [-0.2, 0) is 0 Å². The minimum Gasteiger partial charge on any atom is -0.495 e. The number of halogens is 2. The molecule has 0 fully saturated rings. The Morgan fingerprint density at radius 2 is 2.16 bits per heavy atom. The van der Waals surface area contributed by atoms with E-state index < -0.39 is 0 Å². The van der Waals surface area contributed by atoms with Crippen LogP contribution in [0, 0.1) is 5.82 Å². The maximum Gasteiger partial charge on any atom is 0.142 e. The highest BCUT2D eigenvalue weighted by Gasteiger charge is 2.21. The molecule has 3 nitrogen and oxygen atoms in total. The van der Waals surface area contributed by atoms with Crippen molar-refractivity contribution in [3.8, 4) is 5.75 Å². The Morgan fingerprint density at radius 1 is 1.37 bits per heavy atom. The molecule has 1 aromatic heterocycles. The van der Waals surface area contributed by atoms with Gasteiger partial charge in [0.15, 0.2) is 0 Å². The number of benzene rings is 1. The van der Waals surface area contributed by atoms with Gasteiger partial charge in [-0.2, -0.15) is 0 Å². The number of hydrogen-bond donors (Lipinski definition) is 1. The maximum absolute atomic E-state index is 14.1. The highest BCUT2D eigenvalue weighted by molar-refractivity contribution is 9.10. The van der Waals surface area contributed by atoms with Crippen LogP contribution >= 0.6 is 15.9 Å². The molecule has 1 atom stereocenters. The minimum atomic E-state index is -0.357. The van der Waals surface area contributed by atoms with Crippen molar-refractivity contribution in [1.29, 1.82) is 0 Å². The van der Waals surface area contributed by atoms with Crippen LogP contribution in [0.1, 0.15) is 17.3 Å². The normalized spacial score (nSPS) is 12.2. The van der Waals surface area contributed by atoms with Gasteiger partial charge in [-0.05, 0) is 31.3 Å². The standard InChI is InChI=1S/C14H14BrFN2O/c1-17-13(10-6-5-9(15)8-11(10)16)14-12(19-2)4-3-7-18-14/h3-8,13,17H,1-2H3. The number of aromatic nitrogens is 1. The average molecular weight is 325 g/mol. The molecule has 1 N–H and O–H groups in total. The predicted octanol–water partition coefficient (Wildman–Crippen LogP) is 3.30. The molecule has 0 amide bonds. The molecule has 0 bridgehead atoms. The summed E-state index contributed by atoms with van der Waals surface area (Å²) in [5.74, 6) is 0.339. The second kappa shape index (κ2) is 6.12. The lowest BCUT2D eigenvalue weighted by Crippen LogP contribution is -2.20. The van der Waals surface area contributed by atoms with E-state index >= 15 is 0 Å². The first kappa shape index (κ1) is 14.0. The summed E-state index contributed by atoms with van der Waals surface area (Å²) in [7, 11) is 3.34. The van der Waals surface area contributed by atoms with Crippen molar-refractivity contribution in [1.82, 2.24) is 10.3 Å². The zero-order chi connectivity index (χ0) is 13.8. The van der Waals surface area contributed by atoms with Crippen molar-refractivity contribution in [3.05, 3.63) is 58.1 Å². The Balaban J connectivity index is 2.50. The summed E-state index contributed by atoms with van der Waals surface area (Å²) in [4.78, 5) is 4.29. The lowest BCUT2D eigenvalue weighted by atomic mass is 10.0. The molecular weight excluding hydrogens is 311 g/mol. The second-order valence-electron chi connectivity index (χ2n) is 3.98. The summed E-state index contributed by atoms with van der Waals surface area (Å²) in [6.45, 7) is 0. The molecule has 2 aromatic rings. The largest absolute Gasteiger partial charge is 0.495 e. The summed E-state index contributed by atoms with van der Waals surface area (Å²) < 4.78 is 20.1. The van der Waals surface area contributed by atoms with Crippen LogP contribution in [0.25, 0.3) is 0 Å². The summed E-state index contributed by atoms with van der Waals surface area (Å²) in [6, 6.07) is 8.21. The van der Waals surface area contributed by atoms with Gasteiger partial charge in [-0.25, -0.2) is 4.39 Å². The Bertz CT molecular complexity index is 577. The van der Waals surface area contributed by atoms with Gasteiger partial charge in [0.05, 0.1) is 13.2 Å². The summed E-state index contributed by atoms with van der Waals surface area (Å²) >= 11 is 3.25. The molecule has 0 aliphatic heterocycles. The Kier molecular flexibility index (Phi) is 4.50. The van der Waals surface area contributed by atoms with Crippen LogP contribution in [0.5, 0.6) is 5.75 Å². The van der Waals surface area contributed by atoms with E-state index in [4.69, 9.17) is 4.74 Å². The third-order valence-electron chi connectivity index (χ3n) is 2.86. The van der Waals surface area contributed by atoms with Crippen molar-refractivity contribution in [3.63, 3.8) is 0 Å². The molecule has 0 saturated heterocycles. The molecule has 100 valence electrons. The molecule has 2 rings (SSSR count). The van der Waals surface area contributed by atoms with Crippen molar-refractivity contribution >= 4 is 15.9 Å². The van der Waals surface area contributed by atoms with Crippen LogP contribution in [0.4, 0.5) is 4.39 Å². The van der Waals surface area contributed by atoms with Crippen molar-refractivity contribution < 1.29 is 9.13 Å². The van der Waals surface area contributed by atoms with Crippen LogP contribution in [0.15, 0.2) is 41.0 Å². The molecule has 0 aliphatic carbocycles. The van der Waals surface area contributed by atoms with E-state index in [9.17, 15) is 4.39 Å². The lowest BCUT2D eigenvalue weighted by molar-refractivity contribution is 0.400. The first-order chi connectivity index (χ1) is 9.17. The van der Waals surface area contributed by atoms with Crippen LogP contribution in [0.3, 0.4) is 0 Å². The zero-order valence-corrected chi connectivity index (χ0v) is 12.2. The van der Waals surface area contributed by atoms with Gasteiger partial charge in [0, 0.05) is 16.2 Å². The predicted molar refractivity (Wildman–Crippen MR) is 75.8 cm³/mol. The number of rotatable bonds is 4. The molecule has 0 aliphatic rings. The second-order valence-corrected chi connectivity index (χ2v) is 4.89. The van der Waals surface area contributed by atoms with Gasteiger partial charge in [-0.1, -0.05) is 22.0 Å². The maximum atomic E-state index is 14.1. The fraction of sp³-hybridized carbons (Fsp3) is 0.214. The van der Waals surface area contributed by atoms with E-state index in [1.807, 2.05) is 6.07 Å². The Hall–Kier alpha value is -1.46. The molecule has 1 heterocycles. The topological polar surface area (TPSA) is 34.2 Å². The molecule has 1 aromatic carbocycles. The van der Waals surface area contributed by atoms with E-state index in [1.165, 1.54) is 6.07 Å². The van der Waals surface area contributed by atoms with E-state index in [-0.39, 0.29) is 11.9 Å². The van der Waals surface area contributed by atoms with Crippen LogP contribution in [-0.4, -0.2) is 19.1 Å². The number of hydrogen-bond acceptors (Lipinski definition) is 3. The van der Waals surface area contributed by atoms with Gasteiger partial charge >= 0.3 is 0 Å². The number of methoxy groups -OCH3 is 1. The van der Waals surface area contributed by atoms with Gasteiger partial charge in [0.25, 0.3) is 0 Å². The smallest absolute Gasteiger partial charge is 0.142 e. The quantitative estimate of drug-likeness (QED) is 0.937.